The quantitative estimate of drug-likeness (QED) is 0.332. The average Bonchev–Trinajstić information content (AvgIpc) is 3.44. The van der Waals surface area contributed by atoms with E-state index in [-0.39, 0.29) is 24.5 Å². The first kappa shape index (κ1) is 25.1. The molecular weight excluding hydrogens is 458 g/mol. The Morgan fingerprint density at radius 1 is 0.889 bits per heavy atom. The molecule has 0 radical (unpaired) electrons. The highest BCUT2D eigenvalue weighted by atomic mass is 16.5. The van der Waals surface area contributed by atoms with Gasteiger partial charge in [0.2, 0.25) is 5.91 Å². The minimum Gasteiger partial charge on any atom is -0.490 e. The van der Waals surface area contributed by atoms with Gasteiger partial charge in [-0.2, -0.15) is 0 Å². The zero-order valence-corrected chi connectivity index (χ0v) is 20.1. The van der Waals surface area contributed by atoms with Gasteiger partial charge in [-0.1, -0.05) is 30.3 Å². The molecule has 1 fully saturated rings. The summed E-state index contributed by atoms with van der Waals surface area (Å²) in [6.07, 6.45) is 2.12. The van der Waals surface area contributed by atoms with Crippen LogP contribution < -0.4 is 25.4 Å². The first-order valence-corrected chi connectivity index (χ1v) is 12.1. The molecule has 4 rings (SSSR count). The Labute approximate surface area is 211 Å². The molecule has 8 nitrogen and oxygen atoms in total. The van der Waals surface area contributed by atoms with Crippen molar-refractivity contribution in [3.8, 4) is 11.5 Å². The fraction of sp³-hybridized carbons (Fsp3) is 0.286. The van der Waals surface area contributed by atoms with Crippen molar-refractivity contribution >= 4 is 23.2 Å². The van der Waals surface area contributed by atoms with E-state index in [0.29, 0.717) is 36.8 Å². The van der Waals surface area contributed by atoms with E-state index in [1.165, 1.54) is 0 Å². The van der Waals surface area contributed by atoms with Gasteiger partial charge in [-0.15, -0.1) is 0 Å². The van der Waals surface area contributed by atoms with Gasteiger partial charge in [0.05, 0.1) is 18.3 Å². The lowest BCUT2D eigenvalue weighted by molar-refractivity contribution is -0.114. The van der Waals surface area contributed by atoms with Crippen LogP contribution in [-0.2, 0) is 9.53 Å². The van der Waals surface area contributed by atoms with Crippen molar-refractivity contribution in [1.29, 1.82) is 0 Å². The molecule has 8 heteroatoms. The third-order valence-corrected chi connectivity index (χ3v) is 5.63. The van der Waals surface area contributed by atoms with Gasteiger partial charge in [-0.05, 0) is 61.4 Å². The standard InChI is InChI=1S/C28H31N3O5/c32-27(20-29-22-14-12-21(13-15-22)28(33)30-19-24-9-6-16-34-24)31-25-10-4-5-11-26(25)36-18-17-35-23-7-2-1-3-8-23/h1-5,7-8,10-15,24,29H,6,9,16-20H2,(H,30,33)(H,31,32). The number of carbonyl (C=O) groups excluding carboxylic acids is 2. The number of hydrogen-bond acceptors (Lipinski definition) is 6. The third kappa shape index (κ3) is 7.74. The molecule has 0 aromatic heterocycles. The first-order chi connectivity index (χ1) is 17.7. The van der Waals surface area contributed by atoms with Gasteiger partial charge >= 0.3 is 0 Å². The Balaban J connectivity index is 1.19. The molecule has 0 bridgehead atoms. The van der Waals surface area contributed by atoms with Crippen molar-refractivity contribution in [2.45, 2.75) is 18.9 Å². The smallest absolute Gasteiger partial charge is 0.251 e. The van der Waals surface area contributed by atoms with Gasteiger partial charge < -0.3 is 30.2 Å². The fourth-order valence-electron chi connectivity index (χ4n) is 3.75. The summed E-state index contributed by atoms with van der Waals surface area (Å²) in [6.45, 7) is 2.07. The van der Waals surface area contributed by atoms with Crippen molar-refractivity contribution in [1.82, 2.24) is 5.32 Å². The van der Waals surface area contributed by atoms with Crippen LogP contribution in [0.5, 0.6) is 11.5 Å². The molecule has 1 aliphatic heterocycles. The van der Waals surface area contributed by atoms with Gasteiger partial charge in [0.1, 0.15) is 24.7 Å². The summed E-state index contributed by atoms with van der Waals surface area (Å²) in [5, 5.41) is 8.84. The van der Waals surface area contributed by atoms with Crippen LogP contribution in [0.25, 0.3) is 0 Å². The number of para-hydroxylation sites is 3. The number of ether oxygens (including phenoxy) is 3. The summed E-state index contributed by atoms with van der Waals surface area (Å²) < 4.78 is 17.0. The second-order valence-electron chi connectivity index (χ2n) is 8.33. The number of hydrogen-bond donors (Lipinski definition) is 3. The van der Waals surface area contributed by atoms with E-state index in [0.717, 1.165) is 30.9 Å². The molecule has 3 N–H and O–H groups in total. The van der Waals surface area contributed by atoms with E-state index in [1.54, 1.807) is 36.4 Å². The molecule has 2 amide bonds. The summed E-state index contributed by atoms with van der Waals surface area (Å²) in [5.74, 6) is 0.993. The van der Waals surface area contributed by atoms with Gasteiger partial charge in [0, 0.05) is 24.4 Å². The summed E-state index contributed by atoms with van der Waals surface area (Å²) in [7, 11) is 0. The van der Waals surface area contributed by atoms with Crippen LogP contribution in [-0.4, -0.2) is 50.8 Å². The Bertz CT molecular complexity index is 1120. The van der Waals surface area contributed by atoms with Crippen molar-refractivity contribution in [2.24, 2.45) is 0 Å². The Kier molecular flexibility index (Phi) is 9.16. The van der Waals surface area contributed by atoms with E-state index in [9.17, 15) is 9.59 Å². The maximum Gasteiger partial charge on any atom is 0.251 e. The SMILES string of the molecule is O=C(CNc1ccc(C(=O)NCC2CCCO2)cc1)Nc1ccccc1OCCOc1ccccc1. The van der Waals surface area contributed by atoms with Crippen LogP contribution in [0.1, 0.15) is 23.2 Å². The average molecular weight is 490 g/mol. The van der Waals surface area contributed by atoms with Crippen molar-refractivity contribution < 1.29 is 23.8 Å². The normalized spacial score (nSPS) is 14.6. The molecule has 1 aliphatic rings. The highest BCUT2D eigenvalue weighted by Gasteiger charge is 2.16. The number of rotatable bonds is 12. The van der Waals surface area contributed by atoms with Crippen LogP contribution in [0.2, 0.25) is 0 Å². The molecule has 0 aliphatic carbocycles. The Morgan fingerprint density at radius 3 is 2.42 bits per heavy atom. The molecule has 36 heavy (non-hydrogen) atoms. The van der Waals surface area contributed by atoms with Crippen LogP contribution in [0, 0.1) is 0 Å². The maximum absolute atomic E-state index is 12.5. The number of benzene rings is 3. The molecule has 1 heterocycles. The second-order valence-corrected chi connectivity index (χ2v) is 8.33. The maximum atomic E-state index is 12.5. The van der Waals surface area contributed by atoms with Crippen LogP contribution in [0.4, 0.5) is 11.4 Å². The largest absolute Gasteiger partial charge is 0.490 e. The first-order valence-electron chi connectivity index (χ1n) is 12.1. The van der Waals surface area contributed by atoms with Crippen molar-refractivity contribution in [3.63, 3.8) is 0 Å². The topological polar surface area (TPSA) is 97.9 Å². The lowest BCUT2D eigenvalue weighted by Gasteiger charge is -2.14. The number of amides is 2. The monoisotopic (exact) mass is 489 g/mol. The zero-order chi connectivity index (χ0) is 25.0. The number of carbonyl (C=O) groups is 2. The van der Waals surface area contributed by atoms with E-state index in [2.05, 4.69) is 16.0 Å². The molecule has 1 unspecified atom stereocenters. The zero-order valence-electron chi connectivity index (χ0n) is 20.1. The summed E-state index contributed by atoms with van der Waals surface area (Å²) in [6, 6.07) is 23.8. The van der Waals surface area contributed by atoms with E-state index >= 15 is 0 Å². The Hall–Kier alpha value is -4.04. The van der Waals surface area contributed by atoms with E-state index in [4.69, 9.17) is 14.2 Å². The molecule has 3 aromatic carbocycles. The lowest BCUT2D eigenvalue weighted by Crippen LogP contribution is -2.31. The van der Waals surface area contributed by atoms with E-state index in [1.807, 2.05) is 42.5 Å². The lowest BCUT2D eigenvalue weighted by atomic mass is 10.2. The number of anilines is 2. The molecule has 3 aromatic rings. The molecule has 0 spiro atoms. The molecule has 1 saturated heterocycles. The van der Waals surface area contributed by atoms with Crippen molar-refractivity contribution in [3.05, 3.63) is 84.4 Å². The van der Waals surface area contributed by atoms with Gasteiger partial charge in [-0.25, -0.2) is 0 Å². The summed E-state index contributed by atoms with van der Waals surface area (Å²) in [4.78, 5) is 24.8. The van der Waals surface area contributed by atoms with E-state index < -0.39 is 0 Å². The molecule has 1 atom stereocenters. The van der Waals surface area contributed by atoms with Crippen molar-refractivity contribution in [2.75, 3.05) is 43.5 Å². The highest BCUT2D eigenvalue weighted by molar-refractivity contribution is 5.96. The van der Waals surface area contributed by atoms with Crippen LogP contribution in [0.3, 0.4) is 0 Å². The molecule has 0 saturated carbocycles. The fourth-order valence-corrected chi connectivity index (χ4v) is 3.75. The molecular formula is C28H31N3O5. The number of nitrogens with one attached hydrogen (secondary N) is 3. The molecule has 188 valence electrons. The predicted octanol–water partition coefficient (Wildman–Crippen LogP) is 4.10. The second kappa shape index (κ2) is 13.2. The summed E-state index contributed by atoms with van der Waals surface area (Å²) >= 11 is 0. The van der Waals surface area contributed by atoms with Gasteiger partial charge in [0.25, 0.3) is 5.91 Å². The van der Waals surface area contributed by atoms with Crippen LogP contribution in [0.15, 0.2) is 78.9 Å². The minimum atomic E-state index is -0.218. The third-order valence-electron chi connectivity index (χ3n) is 5.63. The predicted molar refractivity (Wildman–Crippen MR) is 139 cm³/mol. The van der Waals surface area contributed by atoms with Crippen LogP contribution >= 0.6 is 0 Å². The highest BCUT2D eigenvalue weighted by Crippen LogP contribution is 2.23. The Morgan fingerprint density at radius 2 is 1.64 bits per heavy atom. The summed E-state index contributed by atoms with van der Waals surface area (Å²) in [5.41, 5.74) is 1.89. The minimum absolute atomic E-state index is 0.0655. The van der Waals surface area contributed by atoms with Gasteiger partial charge in [0.15, 0.2) is 0 Å². The van der Waals surface area contributed by atoms with Gasteiger partial charge in [-0.3, -0.25) is 9.59 Å².